The lowest BCUT2D eigenvalue weighted by Crippen LogP contribution is -2.32. The number of nitrogens with zero attached hydrogens (tertiary/aromatic N) is 1. The molecular weight excluding hydrogens is 260 g/mol. The fourth-order valence-electron chi connectivity index (χ4n) is 2.55. The summed E-state index contributed by atoms with van der Waals surface area (Å²) in [4.78, 5) is 14.6. The second-order valence-corrected chi connectivity index (χ2v) is 5.70. The highest BCUT2D eigenvalue weighted by Crippen LogP contribution is 2.24. The number of nitrogens with one attached hydrogen (secondary N) is 1. The molecule has 1 aromatic rings. The third-order valence-electron chi connectivity index (χ3n) is 3.79. The van der Waals surface area contributed by atoms with Gasteiger partial charge in [-0.25, -0.2) is 0 Å². The van der Waals surface area contributed by atoms with E-state index >= 15 is 0 Å². The van der Waals surface area contributed by atoms with Gasteiger partial charge in [-0.1, -0.05) is 18.5 Å². The molecule has 0 bridgehead atoms. The number of carbonyl (C=O) groups is 1. The maximum absolute atomic E-state index is 12.6. The minimum atomic E-state index is 0.0842. The molecule has 1 fully saturated rings. The molecule has 2 rings (SSSR count). The minimum absolute atomic E-state index is 0.0842. The molecule has 4 heteroatoms. The number of benzene rings is 1. The van der Waals surface area contributed by atoms with Crippen molar-refractivity contribution in [1.82, 2.24) is 4.90 Å². The summed E-state index contributed by atoms with van der Waals surface area (Å²) in [6.45, 7) is 3.95. The molecule has 0 aliphatic carbocycles. The van der Waals surface area contributed by atoms with Gasteiger partial charge in [0.05, 0.1) is 5.56 Å². The molecule has 0 spiro atoms. The van der Waals surface area contributed by atoms with E-state index < -0.39 is 0 Å². The monoisotopic (exact) mass is 280 g/mol. The van der Waals surface area contributed by atoms with Gasteiger partial charge in [0, 0.05) is 30.8 Å². The number of anilines is 1. The van der Waals surface area contributed by atoms with Crippen molar-refractivity contribution in [1.29, 1.82) is 0 Å². The van der Waals surface area contributed by atoms with Gasteiger partial charge in [0.2, 0.25) is 0 Å². The summed E-state index contributed by atoms with van der Waals surface area (Å²) in [7, 11) is 1.82. The van der Waals surface area contributed by atoms with Gasteiger partial charge in [-0.2, -0.15) is 0 Å². The molecule has 1 N–H and O–H groups in total. The van der Waals surface area contributed by atoms with Gasteiger partial charge < -0.3 is 10.2 Å². The quantitative estimate of drug-likeness (QED) is 0.897. The van der Waals surface area contributed by atoms with E-state index in [4.69, 9.17) is 11.6 Å². The van der Waals surface area contributed by atoms with Crippen molar-refractivity contribution in [3.63, 3.8) is 0 Å². The average molecular weight is 281 g/mol. The molecule has 1 atom stereocenters. The number of hydrogen-bond acceptors (Lipinski definition) is 2. The van der Waals surface area contributed by atoms with Crippen LogP contribution in [-0.4, -0.2) is 30.9 Å². The van der Waals surface area contributed by atoms with Crippen LogP contribution in [0.1, 0.15) is 36.5 Å². The molecule has 1 heterocycles. The zero-order valence-corrected chi connectivity index (χ0v) is 12.3. The highest BCUT2D eigenvalue weighted by molar-refractivity contribution is 6.31. The van der Waals surface area contributed by atoms with Gasteiger partial charge in [0.25, 0.3) is 5.91 Å². The molecule has 1 unspecified atom stereocenters. The number of halogens is 1. The van der Waals surface area contributed by atoms with Crippen molar-refractivity contribution < 1.29 is 4.79 Å². The summed E-state index contributed by atoms with van der Waals surface area (Å²) in [5, 5.41) is 3.66. The first-order valence-electron chi connectivity index (χ1n) is 6.88. The van der Waals surface area contributed by atoms with E-state index in [0.29, 0.717) is 16.5 Å². The normalized spacial score (nSPS) is 19.9. The summed E-state index contributed by atoms with van der Waals surface area (Å²) in [6.07, 6.45) is 3.38. The van der Waals surface area contributed by atoms with Crippen LogP contribution in [0.15, 0.2) is 18.2 Å². The van der Waals surface area contributed by atoms with E-state index in [2.05, 4.69) is 12.2 Å². The van der Waals surface area contributed by atoms with Gasteiger partial charge in [-0.3, -0.25) is 4.79 Å². The second kappa shape index (κ2) is 6.29. The predicted octanol–water partition coefficient (Wildman–Crippen LogP) is 3.64. The number of amides is 1. The second-order valence-electron chi connectivity index (χ2n) is 5.27. The van der Waals surface area contributed by atoms with Crippen LogP contribution in [0, 0.1) is 5.92 Å². The maximum Gasteiger partial charge on any atom is 0.256 e. The highest BCUT2D eigenvalue weighted by atomic mass is 35.5. The molecule has 1 amide bonds. The average Bonchev–Trinajstić information content (AvgIpc) is 2.62. The Balaban J connectivity index is 2.21. The maximum atomic E-state index is 12.6. The molecule has 1 saturated heterocycles. The predicted molar refractivity (Wildman–Crippen MR) is 79.9 cm³/mol. The Bertz CT molecular complexity index is 461. The van der Waals surface area contributed by atoms with Crippen molar-refractivity contribution in [2.45, 2.75) is 26.2 Å². The molecule has 104 valence electrons. The van der Waals surface area contributed by atoms with Crippen LogP contribution in [-0.2, 0) is 0 Å². The van der Waals surface area contributed by atoms with Gasteiger partial charge in [-0.05, 0) is 43.4 Å². The minimum Gasteiger partial charge on any atom is -0.387 e. The first-order valence-corrected chi connectivity index (χ1v) is 7.26. The lowest BCUT2D eigenvalue weighted by molar-refractivity contribution is 0.0761. The van der Waals surface area contributed by atoms with E-state index in [-0.39, 0.29) is 5.91 Å². The molecule has 0 aromatic heterocycles. The van der Waals surface area contributed by atoms with E-state index in [1.807, 2.05) is 18.0 Å². The van der Waals surface area contributed by atoms with Crippen molar-refractivity contribution in [2.75, 3.05) is 25.5 Å². The lowest BCUT2D eigenvalue weighted by Gasteiger charge is -2.22. The Kier molecular flexibility index (Phi) is 4.70. The highest BCUT2D eigenvalue weighted by Gasteiger charge is 2.21. The van der Waals surface area contributed by atoms with Crippen LogP contribution in [0.25, 0.3) is 0 Å². The largest absolute Gasteiger partial charge is 0.387 e. The van der Waals surface area contributed by atoms with E-state index in [9.17, 15) is 4.79 Å². The van der Waals surface area contributed by atoms with Gasteiger partial charge in [-0.15, -0.1) is 0 Å². The van der Waals surface area contributed by atoms with E-state index in [1.54, 1.807) is 12.1 Å². The van der Waals surface area contributed by atoms with E-state index in [1.165, 1.54) is 6.42 Å². The van der Waals surface area contributed by atoms with E-state index in [0.717, 1.165) is 31.6 Å². The summed E-state index contributed by atoms with van der Waals surface area (Å²) in [6, 6.07) is 5.41. The van der Waals surface area contributed by atoms with Crippen molar-refractivity contribution >= 4 is 23.2 Å². The first kappa shape index (κ1) is 14.2. The Morgan fingerprint density at radius 1 is 1.37 bits per heavy atom. The van der Waals surface area contributed by atoms with Crippen molar-refractivity contribution in [2.24, 2.45) is 5.92 Å². The number of hydrogen-bond donors (Lipinski definition) is 1. The molecule has 0 radical (unpaired) electrons. The van der Waals surface area contributed by atoms with Gasteiger partial charge in [0.1, 0.15) is 0 Å². The van der Waals surface area contributed by atoms with Crippen LogP contribution in [0.4, 0.5) is 5.69 Å². The van der Waals surface area contributed by atoms with Crippen LogP contribution in [0.2, 0.25) is 5.02 Å². The number of rotatable bonds is 2. The van der Waals surface area contributed by atoms with Crippen LogP contribution in [0.3, 0.4) is 0 Å². The van der Waals surface area contributed by atoms with Crippen LogP contribution >= 0.6 is 11.6 Å². The third-order valence-corrected chi connectivity index (χ3v) is 4.02. The number of likely N-dealkylation sites (tertiary alicyclic amines) is 1. The molecule has 1 aliphatic rings. The Morgan fingerprint density at radius 2 is 2.16 bits per heavy atom. The number of carbonyl (C=O) groups excluding carboxylic acids is 1. The van der Waals surface area contributed by atoms with Gasteiger partial charge >= 0.3 is 0 Å². The summed E-state index contributed by atoms with van der Waals surface area (Å²) >= 11 is 6.01. The zero-order valence-electron chi connectivity index (χ0n) is 11.6. The lowest BCUT2D eigenvalue weighted by atomic mass is 10.0. The smallest absolute Gasteiger partial charge is 0.256 e. The molecule has 19 heavy (non-hydrogen) atoms. The van der Waals surface area contributed by atoms with Crippen molar-refractivity contribution in [3.05, 3.63) is 28.8 Å². The fourth-order valence-corrected chi connectivity index (χ4v) is 2.72. The van der Waals surface area contributed by atoms with Crippen molar-refractivity contribution in [3.8, 4) is 0 Å². The Morgan fingerprint density at radius 3 is 2.89 bits per heavy atom. The van der Waals surface area contributed by atoms with Crippen LogP contribution in [0.5, 0.6) is 0 Å². The zero-order chi connectivity index (χ0) is 13.8. The summed E-state index contributed by atoms with van der Waals surface area (Å²) in [5.41, 5.74) is 1.51. The topological polar surface area (TPSA) is 32.3 Å². The van der Waals surface area contributed by atoms with Crippen LogP contribution < -0.4 is 5.32 Å². The summed E-state index contributed by atoms with van der Waals surface area (Å²) in [5.74, 6) is 0.793. The third kappa shape index (κ3) is 3.41. The fraction of sp³-hybridized carbons (Fsp3) is 0.533. The molecule has 0 saturated carbocycles. The molecular formula is C15H21ClN2O. The Labute approximate surface area is 119 Å². The SMILES string of the molecule is CNc1ccc(Cl)cc1C(=O)N1CCCC(C)CC1. The Hall–Kier alpha value is -1.22. The van der Waals surface area contributed by atoms with Gasteiger partial charge in [0.15, 0.2) is 0 Å². The molecule has 1 aliphatic heterocycles. The standard InChI is InChI=1S/C15H21ClN2O/c1-11-4-3-8-18(9-7-11)15(19)13-10-12(16)5-6-14(13)17-2/h5-6,10-11,17H,3-4,7-9H2,1-2H3. The molecule has 3 nitrogen and oxygen atoms in total. The molecule has 1 aromatic carbocycles. The summed E-state index contributed by atoms with van der Waals surface area (Å²) < 4.78 is 0. The first-order chi connectivity index (χ1) is 9.11.